The van der Waals surface area contributed by atoms with Crippen LogP contribution in [0.3, 0.4) is 0 Å². The highest BCUT2D eigenvalue weighted by Crippen LogP contribution is 2.37. The molecule has 18 heavy (non-hydrogen) atoms. The highest BCUT2D eigenvalue weighted by atomic mass is 79.9. The van der Waals surface area contributed by atoms with E-state index in [1.54, 1.807) is 13.2 Å². The summed E-state index contributed by atoms with van der Waals surface area (Å²) in [6.45, 7) is 4.77. The minimum Gasteiger partial charge on any atom is -0.490 e. The minimum atomic E-state index is -0.0343. The lowest BCUT2D eigenvalue weighted by Gasteiger charge is -2.17. The maximum atomic E-state index is 9.16. The molecule has 5 heteroatoms. The van der Waals surface area contributed by atoms with Gasteiger partial charge in [-0.3, -0.25) is 0 Å². The van der Waals surface area contributed by atoms with Gasteiger partial charge in [0.25, 0.3) is 0 Å². The summed E-state index contributed by atoms with van der Waals surface area (Å²) < 4.78 is 17.1. The third-order valence-electron chi connectivity index (χ3n) is 2.42. The maximum absolute atomic E-state index is 9.16. The van der Waals surface area contributed by atoms with Crippen LogP contribution >= 0.6 is 15.9 Å². The quantitative estimate of drug-likeness (QED) is 0.839. The Labute approximate surface area is 116 Å². The van der Waals surface area contributed by atoms with Crippen molar-refractivity contribution in [1.82, 2.24) is 0 Å². The monoisotopic (exact) mass is 318 g/mol. The van der Waals surface area contributed by atoms with Gasteiger partial charge >= 0.3 is 0 Å². The fraction of sp³-hybridized carbons (Fsp3) is 0.538. The molecule has 1 N–H and O–H groups in total. The van der Waals surface area contributed by atoms with E-state index in [9.17, 15) is 0 Å². The van der Waals surface area contributed by atoms with E-state index in [1.807, 2.05) is 19.9 Å². The van der Waals surface area contributed by atoms with Crippen molar-refractivity contribution in [3.8, 4) is 11.5 Å². The zero-order chi connectivity index (χ0) is 13.5. The Balaban J connectivity index is 2.92. The largest absolute Gasteiger partial charge is 0.490 e. The molecule has 1 aromatic rings. The van der Waals surface area contributed by atoms with Crippen molar-refractivity contribution in [2.45, 2.75) is 26.6 Å². The first-order valence-corrected chi connectivity index (χ1v) is 6.63. The molecule has 0 spiro atoms. The van der Waals surface area contributed by atoms with Crippen LogP contribution in [0.25, 0.3) is 0 Å². The Morgan fingerprint density at radius 1 is 1.33 bits per heavy atom. The molecule has 0 heterocycles. The van der Waals surface area contributed by atoms with Gasteiger partial charge in [-0.15, -0.1) is 0 Å². The molecular weight excluding hydrogens is 300 g/mol. The number of halogens is 1. The van der Waals surface area contributed by atoms with E-state index < -0.39 is 0 Å². The van der Waals surface area contributed by atoms with Crippen molar-refractivity contribution in [2.24, 2.45) is 0 Å². The van der Waals surface area contributed by atoms with Gasteiger partial charge in [0.05, 0.1) is 23.8 Å². The van der Waals surface area contributed by atoms with E-state index in [4.69, 9.17) is 19.3 Å². The van der Waals surface area contributed by atoms with Gasteiger partial charge in [0.1, 0.15) is 6.61 Å². The Bertz CT molecular complexity index is 381. The van der Waals surface area contributed by atoms with Crippen LogP contribution in [-0.4, -0.2) is 31.5 Å². The van der Waals surface area contributed by atoms with E-state index in [0.717, 1.165) is 10.0 Å². The van der Waals surface area contributed by atoms with Crippen LogP contribution in [0.15, 0.2) is 16.6 Å². The molecule has 1 unspecified atom stereocenters. The van der Waals surface area contributed by atoms with Crippen molar-refractivity contribution in [1.29, 1.82) is 0 Å². The second-order valence-electron chi connectivity index (χ2n) is 3.85. The summed E-state index contributed by atoms with van der Waals surface area (Å²) in [5, 5.41) is 9.16. The number of hydrogen-bond acceptors (Lipinski definition) is 4. The first-order valence-electron chi connectivity index (χ1n) is 5.84. The molecule has 0 radical (unpaired) electrons. The maximum Gasteiger partial charge on any atom is 0.175 e. The number of rotatable bonds is 7. The van der Waals surface area contributed by atoms with Gasteiger partial charge in [-0.25, -0.2) is 0 Å². The van der Waals surface area contributed by atoms with Gasteiger partial charge in [0, 0.05) is 7.11 Å². The minimum absolute atomic E-state index is 0.00361. The Kier molecular flexibility index (Phi) is 6.46. The number of ether oxygens (including phenoxy) is 3. The number of hydrogen-bond donors (Lipinski definition) is 1. The van der Waals surface area contributed by atoms with Gasteiger partial charge in [0.15, 0.2) is 11.5 Å². The summed E-state index contributed by atoms with van der Waals surface area (Å²) >= 11 is 3.42. The SMILES string of the molecule is CCOc1cc(CO)cc(Br)c1OCC(C)OC. The van der Waals surface area contributed by atoms with Gasteiger partial charge < -0.3 is 19.3 Å². The molecule has 1 atom stereocenters. The molecule has 0 saturated heterocycles. The highest BCUT2D eigenvalue weighted by molar-refractivity contribution is 9.10. The molecule has 102 valence electrons. The van der Waals surface area contributed by atoms with Crippen molar-refractivity contribution in [2.75, 3.05) is 20.3 Å². The molecule has 1 rings (SSSR count). The van der Waals surface area contributed by atoms with Crippen LogP contribution in [-0.2, 0) is 11.3 Å². The molecule has 0 aliphatic rings. The third-order valence-corrected chi connectivity index (χ3v) is 3.01. The third kappa shape index (κ3) is 4.15. The van der Waals surface area contributed by atoms with Crippen LogP contribution in [0.4, 0.5) is 0 Å². The van der Waals surface area contributed by atoms with Crippen LogP contribution in [0, 0.1) is 0 Å². The first kappa shape index (κ1) is 15.3. The Morgan fingerprint density at radius 3 is 2.61 bits per heavy atom. The van der Waals surface area contributed by atoms with Gasteiger partial charge in [-0.1, -0.05) is 0 Å². The molecule has 0 aromatic heterocycles. The van der Waals surface area contributed by atoms with Gasteiger partial charge in [-0.2, -0.15) is 0 Å². The summed E-state index contributed by atoms with van der Waals surface area (Å²) in [5.41, 5.74) is 0.775. The zero-order valence-corrected chi connectivity index (χ0v) is 12.5. The zero-order valence-electron chi connectivity index (χ0n) is 10.9. The van der Waals surface area contributed by atoms with Crippen molar-refractivity contribution >= 4 is 15.9 Å². The number of aliphatic hydroxyl groups excluding tert-OH is 1. The molecule has 4 nitrogen and oxygen atoms in total. The van der Waals surface area contributed by atoms with E-state index in [1.165, 1.54) is 0 Å². The second kappa shape index (κ2) is 7.61. The number of benzene rings is 1. The van der Waals surface area contributed by atoms with E-state index >= 15 is 0 Å². The number of methoxy groups -OCH3 is 1. The molecule has 0 amide bonds. The fourth-order valence-corrected chi connectivity index (χ4v) is 1.99. The lowest BCUT2D eigenvalue weighted by Crippen LogP contribution is -2.16. The number of aliphatic hydroxyl groups is 1. The lowest BCUT2D eigenvalue weighted by atomic mass is 10.2. The predicted molar refractivity (Wildman–Crippen MR) is 73.2 cm³/mol. The van der Waals surface area contributed by atoms with Crippen molar-refractivity contribution in [3.05, 3.63) is 22.2 Å². The van der Waals surface area contributed by atoms with Crippen molar-refractivity contribution < 1.29 is 19.3 Å². The molecule has 0 saturated carbocycles. The van der Waals surface area contributed by atoms with Crippen molar-refractivity contribution in [3.63, 3.8) is 0 Å². The lowest BCUT2D eigenvalue weighted by molar-refractivity contribution is 0.0700. The van der Waals surface area contributed by atoms with Gasteiger partial charge in [-0.05, 0) is 47.5 Å². The molecule has 0 fully saturated rings. The van der Waals surface area contributed by atoms with Crippen LogP contribution in [0.2, 0.25) is 0 Å². The topological polar surface area (TPSA) is 47.9 Å². The standard InChI is InChI=1S/C13H19BrO4/c1-4-17-12-6-10(7-15)5-11(14)13(12)18-8-9(2)16-3/h5-6,9,15H,4,7-8H2,1-3H3. The molecular formula is C13H19BrO4. The molecule has 1 aromatic carbocycles. The highest BCUT2D eigenvalue weighted by Gasteiger charge is 2.13. The Morgan fingerprint density at radius 2 is 2.06 bits per heavy atom. The Hall–Kier alpha value is -0.780. The van der Waals surface area contributed by atoms with Crippen LogP contribution in [0.1, 0.15) is 19.4 Å². The smallest absolute Gasteiger partial charge is 0.175 e. The summed E-state index contributed by atoms with van der Waals surface area (Å²) in [7, 11) is 1.64. The average Bonchev–Trinajstić information content (AvgIpc) is 2.37. The first-order chi connectivity index (χ1) is 8.62. The second-order valence-corrected chi connectivity index (χ2v) is 4.71. The average molecular weight is 319 g/mol. The van der Waals surface area contributed by atoms with Gasteiger partial charge in [0.2, 0.25) is 0 Å². The van der Waals surface area contributed by atoms with E-state index in [-0.39, 0.29) is 12.7 Å². The van der Waals surface area contributed by atoms with E-state index in [0.29, 0.717) is 24.7 Å². The normalized spacial score (nSPS) is 12.3. The summed E-state index contributed by atoms with van der Waals surface area (Å²) in [5.74, 6) is 1.26. The molecule has 0 aliphatic heterocycles. The van der Waals surface area contributed by atoms with Crippen LogP contribution in [0.5, 0.6) is 11.5 Å². The fourth-order valence-electron chi connectivity index (χ4n) is 1.38. The summed E-state index contributed by atoms with van der Waals surface area (Å²) in [4.78, 5) is 0. The summed E-state index contributed by atoms with van der Waals surface area (Å²) in [6, 6.07) is 3.59. The molecule has 0 aliphatic carbocycles. The van der Waals surface area contributed by atoms with E-state index in [2.05, 4.69) is 15.9 Å². The summed E-state index contributed by atoms with van der Waals surface area (Å²) in [6.07, 6.45) is 0.00361. The predicted octanol–water partition coefficient (Wildman–Crippen LogP) is 2.75. The molecule has 0 bridgehead atoms. The van der Waals surface area contributed by atoms with Crippen LogP contribution < -0.4 is 9.47 Å².